The van der Waals surface area contributed by atoms with Crippen LogP contribution in [0, 0.1) is 12.7 Å². The fourth-order valence-electron chi connectivity index (χ4n) is 3.30. The Morgan fingerprint density at radius 3 is 3.15 bits per heavy atom. The molecular formula is C18H18BrFN4O2. The number of hydrogen-bond donors (Lipinski definition) is 2. The molecule has 1 aromatic carbocycles. The van der Waals surface area contributed by atoms with Gasteiger partial charge in [0, 0.05) is 36.1 Å². The van der Waals surface area contributed by atoms with E-state index in [2.05, 4.69) is 31.3 Å². The second-order valence-corrected chi connectivity index (χ2v) is 7.11. The monoisotopic (exact) mass is 420 g/mol. The summed E-state index contributed by atoms with van der Waals surface area (Å²) in [6, 6.07) is 4.68. The number of aromatic nitrogens is 3. The van der Waals surface area contributed by atoms with Crippen molar-refractivity contribution < 1.29 is 13.9 Å². The van der Waals surface area contributed by atoms with Crippen molar-refractivity contribution in [1.29, 1.82) is 0 Å². The number of nitrogens with zero attached hydrogens (tertiary/aromatic N) is 2. The number of rotatable bonds is 4. The molecule has 0 bridgehead atoms. The predicted molar refractivity (Wildman–Crippen MR) is 99.1 cm³/mol. The third-order valence-corrected chi connectivity index (χ3v) is 5.28. The minimum atomic E-state index is -0.269. The largest absolute Gasteiger partial charge is 0.477 e. The summed E-state index contributed by atoms with van der Waals surface area (Å²) in [4.78, 5) is 15.7. The number of hydrogen-bond acceptors (Lipinski definition) is 3. The number of carbonyl (C=O) groups is 1. The van der Waals surface area contributed by atoms with Crippen molar-refractivity contribution >= 4 is 32.7 Å². The SMILES string of the molecule is Cc1[nH]c2ccc(F)cc2c1CCNC(=O)c1nn2c(c1Br)OCCC2. The first-order chi connectivity index (χ1) is 12.5. The lowest BCUT2D eigenvalue weighted by Gasteiger charge is -2.14. The third-order valence-electron chi connectivity index (χ3n) is 4.56. The van der Waals surface area contributed by atoms with Gasteiger partial charge in [-0.05, 0) is 53.0 Å². The molecule has 6 nitrogen and oxygen atoms in total. The molecule has 3 heterocycles. The fourth-order valence-corrected chi connectivity index (χ4v) is 3.88. The number of halogens is 2. The Morgan fingerprint density at radius 1 is 1.50 bits per heavy atom. The molecule has 136 valence electrons. The van der Waals surface area contributed by atoms with Crippen LogP contribution >= 0.6 is 15.9 Å². The van der Waals surface area contributed by atoms with Crippen LogP contribution in [0.2, 0.25) is 0 Å². The van der Waals surface area contributed by atoms with Crippen LogP contribution in [-0.2, 0) is 13.0 Å². The molecule has 0 aliphatic carbocycles. The van der Waals surface area contributed by atoms with Crippen molar-refractivity contribution in [3.05, 3.63) is 45.4 Å². The molecule has 1 aliphatic rings. The molecule has 1 amide bonds. The third kappa shape index (κ3) is 2.98. The highest BCUT2D eigenvalue weighted by molar-refractivity contribution is 9.10. The number of aryl methyl sites for hydroxylation is 2. The number of aromatic amines is 1. The summed E-state index contributed by atoms with van der Waals surface area (Å²) in [5, 5.41) is 8.06. The van der Waals surface area contributed by atoms with Crippen LogP contribution in [0.25, 0.3) is 10.9 Å². The van der Waals surface area contributed by atoms with Crippen LogP contribution in [0.3, 0.4) is 0 Å². The number of H-pyrrole nitrogens is 1. The second kappa shape index (κ2) is 6.75. The molecule has 0 radical (unpaired) electrons. The van der Waals surface area contributed by atoms with Gasteiger partial charge in [-0.25, -0.2) is 9.07 Å². The van der Waals surface area contributed by atoms with Gasteiger partial charge in [0.2, 0.25) is 5.88 Å². The van der Waals surface area contributed by atoms with Gasteiger partial charge in [-0.15, -0.1) is 0 Å². The Labute approximate surface area is 157 Å². The summed E-state index contributed by atoms with van der Waals surface area (Å²) in [6.07, 6.45) is 1.47. The lowest BCUT2D eigenvalue weighted by atomic mass is 10.1. The summed E-state index contributed by atoms with van der Waals surface area (Å²) in [5.74, 6) is 0.0738. The van der Waals surface area contributed by atoms with Crippen LogP contribution in [0.15, 0.2) is 22.7 Å². The van der Waals surface area contributed by atoms with Gasteiger partial charge in [0.1, 0.15) is 10.3 Å². The van der Waals surface area contributed by atoms with Gasteiger partial charge in [0.25, 0.3) is 5.91 Å². The van der Waals surface area contributed by atoms with Gasteiger partial charge < -0.3 is 15.0 Å². The van der Waals surface area contributed by atoms with Crippen LogP contribution in [0.5, 0.6) is 5.88 Å². The lowest BCUT2D eigenvalue weighted by Crippen LogP contribution is -2.26. The first kappa shape index (κ1) is 17.1. The van der Waals surface area contributed by atoms with E-state index in [-0.39, 0.29) is 11.7 Å². The van der Waals surface area contributed by atoms with E-state index < -0.39 is 0 Å². The van der Waals surface area contributed by atoms with E-state index in [1.165, 1.54) is 12.1 Å². The van der Waals surface area contributed by atoms with Gasteiger partial charge in [-0.3, -0.25) is 4.79 Å². The van der Waals surface area contributed by atoms with Crippen LogP contribution in [0.4, 0.5) is 4.39 Å². The van der Waals surface area contributed by atoms with Crippen LogP contribution in [0.1, 0.15) is 28.2 Å². The van der Waals surface area contributed by atoms with E-state index in [0.29, 0.717) is 35.6 Å². The number of fused-ring (bicyclic) bond motifs is 2. The Bertz CT molecular complexity index is 995. The van der Waals surface area contributed by atoms with Crippen molar-refractivity contribution in [2.75, 3.05) is 13.2 Å². The van der Waals surface area contributed by atoms with Gasteiger partial charge >= 0.3 is 0 Å². The molecular weight excluding hydrogens is 403 g/mol. The molecule has 1 aliphatic heterocycles. The van der Waals surface area contributed by atoms with Crippen molar-refractivity contribution in [1.82, 2.24) is 20.1 Å². The van der Waals surface area contributed by atoms with E-state index in [9.17, 15) is 9.18 Å². The minimum absolute atomic E-state index is 0.258. The van der Waals surface area contributed by atoms with Gasteiger partial charge in [-0.1, -0.05) is 0 Å². The fraction of sp³-hybridized carbons (Fsp3) is 0.333. The zero-order valence-corrected chi connectivity index (χ0v) is 15.8. The predicted octanol–water partition coefficient (Wildman–Crippen LogP) is 3.33. The van der Waals surface area contributed by atoms with Crippen LogP contribution < -0.4 is 10.1 Å². The highest BCUT2D eigenvalue weighted by Gasteiger charge is 2.24. The summed E-state index contributed by atoms with van der Waals surface area (Å²) in [6.45, 7) is 3.74. The maximum absolute atomic E-state index is 13.5. The molecule has 0 unspecified atom stereocenters. The Hall–Kier alpha value is -2.35. The van der Waals surface area contributed by atoms with Gasteiger partial charge in [-0.2, -0.15) is 5.10 Å². The molecule has 3 aromatic rings. The van der Waals surface area contributed by atoms with E-state index >= 15 is 0 Å². The first-order valence-corrected chi connectivity index (χ1v) is 9.28. The summed E-state index contributed by atoms with van der Waals surface area (Å²) in [7, 11) is 0. The molecule has 2 aromatic heterocycles. The molecule has 4 rings (SSSR count). The normalized spacial score (nSPS) is 13.5. The molecule has 0 atom stereocenters. The van der Waals surface area contributed by atoms with Crippen molar-refractivity contribution in [2.45, 2.75) is 26.3 Å². The van der Waals surface area contributed by atoms with Gasteiger partial charge in [0.15, 0.2) is 5.69 Å². The lowest BCUT2D eigenvalue weighted by molar-refractivity contribution is 0.0947. The smallest absolute Gasteiger partial charge is 0.273 e. The van der Waals surface area contributed by atoms with Crippen molar-refractivity contribution in [3.8, 4) is 5.88 Å². The van der Waals surface area contributed by atoms with E-state index in [1.54, 1.807) is 10.7 Å². The van der Waals surface area contributed by atoms with E-state index in [1.807, 2.05) is 6.92 Å². The summed E-state index contributed by atoms with van der Waals surface area (Å²) >= 11 is 3.40. The maximum atomic E-state index is 13.5. The van der Waals surface area contributed by atoms with E-state index in [0.717, 1.165) is 35.1 Å². The summed E-state index contributed by atoms with van der Waals surface area (Å²) in [5.41, 5.74) is 3.20. The molecule has 26 heavy (non-hydrogen) atoms. The number of benzene rings is 1. The minimum Gasteiger partial charge on any atom is -0.477 e. The summed E-state index contributed by atoms with van der Waals surface area (Å²) < 4.78 is 21.4. The molecule has 0 fully saturated rings. The maximum Gasteiger partial charge on any atom is 0.273 e. The highest BCUT2D eigenvalue weighted by Crippen LogP contribution is 2.31. The second-order valence-electron chi connectivity index (χ2n) is 6.32. The van der Waals surface area contributed by atoms with Crippen molar-refractivity contribution in [2.24, 2.45) is 0 Å². The van der Waals surface area contributed by atoms with Crippen molar-refractivity contribution in [3.63, 3.8) is 0 Å². The molecule has 0 spiro atoms. The Balaban J connectivity index is 1.47. The zero-order valence-electron chi connectivity index (χ0n) is 14.2. The Morgan fingerprint density at radius 2 is 2.35 bits per heavy atom. The first-order valence-electron chi connectivity index (χ1n) is 8.48. The standard InChI is InChI=1S/C18H18BrFN4O2/c1-10-12(13-9-11(20)3-4-14(13)22-10)5-6-21-17(25)16-15(19)18-24(23-16)7-2-8-26-18/h3-4,9,22H,2,5-8H2,1H3,(H,21,25). The molecule has 2 N–H and O–H groups in total. The van der Waals surface area contributed by atoms with Crippen LogP contribution in [-0.4, -0.2) is 33.8 Å². The number of ether oxygens (including phenoxy) is 1. The zero-order chi connectivity index (χ0) is 18.3. The number of carbonyl (C=O) groups excluding carboxylic acids is 1. The topological polar surface area (TPSA) is 71.9 Å². The average molecular weight is 421 g/mol. The van der Waals surface area contributed by atoms with Gasteiger partial charge in [0.05, 0.1) is 6.61 Å². The van der Waals surface area contributed by atoms with E-state index in [4.69, 9.17) is 4.74 Å². The Kier molecular flexibility index (Phi) is 4.44. The molecule has 8 heteroatoms. The quantitative estimate of drug-likeness (QED) is 0.679. The highest BCUT2D eigenvalue weighted by atomic mass is 79.9. The molecule has 0 saturated heterocycles. The number of amides is 1. The molecule has 0 saturated carbocycles. The average Bonchev–Trinajstić information content (AvgIpc) is 3.12. The number of nitrogens with one attached hydrogen (secondary N) is 2.